The van der Waals surface area contributed by atoms with Crippen LogP contribution in [-0.2, 0) is 18.4 Å². The summed E-state index contributed by atoms with van der Waals surface area (Å²) in [5, 5.41) is 5.48. The van der Waals surface area contributed by atoms with Gasteiger partial charge in [0.05, 0.1) is 12.2 Å². The molecule has 1 rings (SSSR count). The van der Waals surface area contributed by atoms with Crippen LogP contribution in [-0.4, -0.2) is 21.1 Å². The highest BCUT2D eigenvalue weighted by Gasteiger charge is 2.15. The summed E-state index contributed by atoms with van der Waals surface area (Å²) in [6.45, 7) is 1.66. The summed E-state index contributed by atoms with van der Waals surface area (Å²) in [4.78, 5) is 11.1. The minimum Gasteiger partial charge on any atom is -0.349 e. The lowest BCUT2D eigenvalue weighted by Crippen LogP contribution is -2.29. The van der Waals surface area contributed by atoms with Gasteiger partial charge in [-0.3, -0.25) is 9.48 Å². The van der Waals surface area contributed by atoms with Gasteiger partial charge in [-0.15, -0.1) is 11.6 Å². The van der Waals surface area contributed by atoms with Crippen LogP contribution in [0.25, 0.3) is 0 Å². The predicted molar refractivity (Wildman–Crippen MR) is 55.3 cm³/mol. The summed E-state index contributed by atoms with van der Waals surface area (Å²) in [6, 6.07) is 1.25. The van der Waals surface area contributed by atoms with Gasteiger partial charge in [-0.1, -0.05) is 0 Å². The SMILES string of the molecule is CC(Cl)C(=O)NCc1cc(C(F)F)nn1C. The number of nitrogens with zero attached hydrogens (tertiary/aromatic N) is 2. The maximum atomic E-state index is 12.3. The molecule has 0 spiro atoms. The summed E-state index contributed by atoms with van der Waals surface area (Å²) in [5.41, 5.74) is 0.201. The molecule has 0 bridgehead atoms. The van der Waals surface area contributed by atoms with Crippen LogP contribution >= 0.6 is 11.6 Å². The number of alkyl halides is 3. The normalized spacial score (nSPS) is 12.9. The number of hydrogen-bond donors (Lipinski definition) is 1. The summed E-state index contributed by atoms with van der Waals surface area (Å²) in [7, 11) is 1.54. The van der Waals surface area contributed by atoms with Crippen molar-refractivity contribution in [1.29, 1.82) is 0 Å². The van der Waals surface area contributed by atoms with E-state index in [0.29, 0.717) is 5.69 Å². The Balaban J connectivity index is 2.64. The number of rotatable bonds is 4. The first kappa shape index (κ1) is 12.9. The molecular weight excluding hydrogens is 240 g/mol. The molecule has 0 saturated carbocycles. The van der Waals surface area contributed by atoms with E-state index >= 15 is 0 Å². The lowest BCUT2D eigenvalue weighted by atomic mass is 10.3. The second kappa shape index (κ2) is 5.25. The Morgan fingerprint density at radius 3 is 2.75 bits per heavy atom. The van der Waals surface area contributed by atoms with Gasteiger partial charge >= 0.3 is 0 Å². The Morgan fingerprint density at radius 1 is 1.69 bits per heavy atom. The molecule has 1 amide bonds. The van der Waals surface area contributed by atoms with Gasteiger partial charge in [0.2, 0.25) is 5.91 Å². The summed E-state index contributed by atoms with van der Waals surface area (Å²) in [5.74, 6) is -0.346. The summed E-state index contributed by atoms with van der Waals surface area (Å²) >= 11 is 5.54. The van der Waals surface area contributed by atoms with Crippen molar-refractivity contribution in [1.82, 2.24) is 15.1 Å². The van der Waals surface area contributed by atoms with Crippen molar-refractivity contribution in [2.24, 2.45) is 7.05 Å². The molecule has 90 valence electrons. The van der Waals surface area contributed by atoms with Crippen LogP contribution in [0.5, 0.6) is 0 Å². The van der Waals surface area contributed by atoms with Gasteiger partial charge in [-0.2, -0.15) is 5.10 Å². The van der Waals surface area contributed by atoms with Crippen molar-refractivity contribution >= 4 is 17.5 Å². The van der Waals surface area contributed by atoms with E-state index in [1.807, 2.05) is 0 Å². The number of nitrogens with one attached hydrogen (secondary N) is 1. The van der Waals surface area contributed by atoms with Crippen LogP contribution in [0.3, 0.4) is 0 Å². The molecule has 0 fully saturated rings. The van der Waals surface area contributed by atoms with E-state index in [4.69, 9.17) is 11.6 Å². The molecule has 0 aliphatic carbocycles. The zero-order valence-corrected chi connectivity index (χ0v) is 9.63. The second-order valence-corrected chi connectivity index (χ2v) is 3.97. The first-order chi connectivity index (χ1) is 7.41. The van der Waals surface area contributed by atoms with Gasteiger partial charge in [0.15, 0.2) is 0 Å². The van der Waals surface area contributed by atoms with Crippen molar-refractivity contribution in [3.05, 3.63) is 17.5 Å². The van der Waals surface area contributed by atoms with Crippen LogP contribution in [0.15, 0.2) is 6.07 Å². The zero-order valence-electron chi connectivity index (χ0n) is 8.88. The number of aromatic nitrogens is 2. The van der Waals surface area contributed by atoms with Crippen LogP contribution in [0, 0.1) is 0 Å². The Labute approximate surface area is 96.6 Å². The van der Waals surface area contributed by atoms with Crippen molar-refractivity contribution in [3.63, 3.8) is 0 Å². The number of amides is 1. The fourth-order valence-corrected chi connectivity index (χ4v) is 1.20. The Kier molecular flexibility index (Phi) is 4.23. The smallest absolute Gasteiger partial charge is 0.282 e. The maximum absolute atomic E-state index is 12.3. The number of halogens is 3. The van der Waals surface area contributed by atoms with E-state index < -0.39 is 11.8 Å². The van der Waals surface area contributed by atoms with E-state index in [2.05, 4.69) is 10.4 Å². The molecule has 1 unspecified atom stereocenters. The molecule has 1 atom stereocenters. The lowest BCUT2D eigenvalue weighted by molar-refractivity contribution is -0.120. The molecule has 0 aromatic carbocycles. The summed E-state index contributed by atoms with van der Waals surface area (Å²) in [6.07, 6.45) is -2.61. The molecule has 1 aromatic rings. The van der Waals surface area contributed by atoms with Crippen LogP contribution in [0.2, 0.25) is 0 Å². The highest BCUT2D eigenvalue weighted by molar-refractivity contribution is 6.30. The molecule has 4 nitrogen and oxygen atoms in total. The van der Waals surface area contributed by atoms with Gasteiger partial charge in [-0.25, -0.2) is 8.78 Å². The summed E-state index contributed by atoms with van der Waals surface area (Å²) < 4.78 is 25.9. The molecule has 0 saturated heterocycles. The highest BCUT2D eigenvalue weighted by atomic mass is 35.5. The Bertz CT molecular complexity index is 379. The van der Waals surface area contributed by atoms with E-state index in [-0.39, 0.29) is 18.1 Å². The molecule has 0 aliphatic rings. The first-order valence-corrected chi connectivity index (χ1v) is 5.08. The quantitative estimate of drug-likeness (QED) is 0.827. The molecule has 1 N–H and O–H groups in total. The zero-order chi connectivity index (χ0) is 12.3. The number of carbonyl (C=O) groups excluding carboxylic acids is 1. The third kappa shape index (κ3) is 3.16. The third-order valence-electron chi connectivity index (χ3n) is 2.02. The minimum absolute atomic E-state index is 0.131. The molecule has 16 heavy (non-hydrogen) atoms. The molecule has 7 heteroatoms. The number of aryl methyl sites for hydroxylation is 1. The van der Waals surface area contributed by atoms with Gasteiger partial charge in [0.1, 0.15) is 11.1 Å². The van der Waals surface area contributed by atoms with E-state index in [1.54, 1.807) is 0 Å². The number of hydrogen-bond acceptors (Lipinski definition) is 2. The molecule has 0 radical (unpaired) electrons. The highest BCUT2D eigenvalue weighted by Crippen LogP contribution is 2.17. The van der Waals surface area contributed by atoms with Gasteiger partial charge in [0, 0.05) is 7.05 Å². The molecule has 1 aromatic heterocycles. The van der Waals surface area contributed by atoms with E-state index in [0.717, 1.165) is 0 Å². The van der Waals surface area contributed by atoms with Crippen molar-refractivity contribution in [3.8, 4) is 0 Å². The Hall–Kier alpha value is -1.17. The van der Waals surface area contributed by atoms with Gasteiger partial charge in [0.25, 0.3) is 6.43 Å². The van der Waals surface area contributed by atoms with Gasteiger partial charge < -0.3 is 5.32 Å². The fraction of sp³-hybridized carbons (Fsp3) is 0.556. The molecule has 1 heterocycles. The second-order valence-electron chi connectivity index (χ2n) is 3.32. The van der Waals surface area contributed by atoms with Crippen LogP contribution < -0.4 is 5.32 Å². The largest absolute Gasteiger partial charge is 0.349 e. The standard InChI is InChI=1S/C9H12ClF2N3O/c1-5(10)9(16)13-4-6-3-7(8(11)12)14-15(6)2/h3,5,8H,4H2,1-2H3,(H,13,16). The van der Waals surface area contributed by atoms with Crippen LogP contribution in [0.1, 0.15) is 24.7 Å². The maximum Gasteiger partial charge on any atom is 0.282 e. The lowest BCUT2D eigenvalue weighted by Gasteiger charge is -2.06. The molecule has 0 aliphatic heterocycles. The van der Waals surface area contributed by atoms with E-state index in [9.17, 15) is 13.6 Å². The van der Waals surface area contributed by atoms with Gasteiger partial charge in [-0.05, 0) is 13.0 Å². The predicted octanol–water partition coefficient (Wildman–Crippen LogP) is 1.60. The topological polar surface area (TPSA) is 46.9 Å². The van der Waals surface area contributed by atoms with E-state index in [1.165, 1.54) is 24.7 Å². The first-order valence-electron chi connectivity index (χ1n) is 4.64. The fourth-order valence-electron chi connectivity index (χ4n) is 1.12. The average molecular weight is 252 g/mol. The van der Waals surface area contributed by atoms with Crippen molar-refractivity contribution in [2.75, 3.05) is 0 Å². The van der Waals surface area contributed by atoms with Crippen LogP contribution in [0.4, 0.5) is 8.78 Å². The molecular formula is C9H12ClF2N3O. The average Bonchev–Trinajstić information content (AvgIpc) is 2.56. The third-order valence-corrected chi connectivity index (χ3v) is 2.22. The van der Waals surface area contributed by atoms with Crippen molar-refractivity contribution < 1.29 is 13.6 Å². The van der Waals surface area contributed by atoms with Crippen molar-refractivity contribution in [2.45, 2.75) is 25.3 Å². The Morgan fingerprint density at radius 2 is 2.31 bits per heavy atom. The minimum atomic E-state index is -2.61. The number of carbonyl (C=O) groups is 1. The monoisotopic (exact) mass is 251 g/mol.